The van der Waals surface area contributed by atoms with E-state index in [0.29, 0.717) is 37.9 Å². The van der Waals surface area contributed by atoms with Crippen molar-refractivity contribution in [3.63, 3.8) is 0 Å². The maximum absolute atomic E-state index is 12.4. The number of rotatable bonds is 4. The molecule has 1 amide bonds. The van der Waals surface area contributed by atoms with Crippen LogP contribution in [-0.4, -0.2) is 47.0 Å². The summed E-state index contributed by atoms with van der Waals surface area (Å²) in [5, 5.41) is 3.42. The molecule has 1 saturated heterocycles. The van der Waals surface area contributed by atoms with E-state index >= 15 is 0 Å². The number of carbonyl (C=O) groups excluding carboxylic acids is 1. The van der Waals surface area contributed by atoms with Gasteiger partial charge in [0.2, 0.25) is 5.95 Å². The first kappa shape index (κ1) is 19.0. The predicted octanol–water partition coefficient (Wildman–Crippen LogP) is 3.70. The van der Waals surface area contributed by atoms with Crippen LogP contribution in [0.2, 0.25) is 0 Å². The van der Waals surface area contributed by atoms with Crippen molar-refractivity contribution in [3.05, 3.63) is 65.2 Å². The van der Waals surface area contributed by atoms with Crippen molar-refractivity contribution < 1.29 is 9.21 Å². The molecule has 3 aromatic rings. The lowest BCUT2D eigenvalue weighted by Gasteiger charge is -2.34. The molecule has 1 aromatic carbocycles. The van der Waals surface area contributed by atoms with E-state index < -0.39 is 0 Å². The number of aryl methyl sites for hydroxylation is 3. The van der Waals surface area contributed by atoms with E-state index in [4.69, 9.17) is 9.40 Å². The van der Waals surface area contributed by atoms with Crippen LogP contribution >= 0.6 is 0 Å². The molecule has 0 bridgehead atoms. The van der Waals surface area contributed by atoms with Crippen molar-refractivity contribution in [2.75, 3.05) is 36.4 Å². The van der Waals surface area contributed by atoms with Gasteiger partial charge in [-0.2, -0.15) is 4.98 Å². The Morgan fingerprint density at radius 1 is 1.03 bits per heavy atom. The number of nitrogens with one attached hydrogen (secondary N) is 1. The first-order chi connectivity index (χ1) is 14.0. The van der Waals surface area contributed by atoms with Crippen LogP contribution in [-0.2, 0) is 0 Å². The van der Waals surface area contributed by atoms with E-state index in [1.54, 1.807) is 17.0 Å². The second kappa shape index (κ2) is 7.95. The molecule has 0 spiro atoms. The number of aromatic nitrogens is 2. The fourth-order valence-electron chi connectivity index (χ4n) is 3.43. The van der Waals surface area contributed by atoms with E-state index in [-0.39, 0.29) is 5.91 Å². The molecule has 1 fully saturated rings. The third kappa shape index (κ3) is 4.23. The average molecular weight is 391 g/mol. The van der Waals surface area contributed by atoms with Crippen LogP contribution in [0.5, 0.6) is 0 Å². The van der Waals surface area contributed by atoms with Crippen molar-refractivity contribution in [2.24, 2.45) is 0 Å². The zero-order valence-corrected chi connectivity index (χ0v) is 17.0. The Hall–Kier alpha value is -3.35. The highest BCUT2D eigenvalue weighted by atomic mass is 16.3. The van der Waals surface area contributed by atoms with Gasteiger partial charge in [-0.1, -0.05) is 12.1 Å². The minimum absolute atomic E-state index is 0.0721. The Bertz CT molecular complexity index is 1010. The van der Waals surface area contributed by atoms with Crippen molar-refractivity contribution in [1.29, 1.82) is 0 Å². The Morgan fingerprint density at radius 3 is 2.55 bits per heavy atom. The largest absolute Gasteiger partial charge is 0.459 e. The number of carbonyl (C=O) groups is 1. The van der Waals surface area contributed by atoms with Crippen molar-refractivity contribution in [1.82, 2.24) is 14.9 Å². The van der Waals surface area contributed by atoms with Gasteiger partial charge in [0.05, 0.1) is 6.26 Å². The molecule has 0 atom stereocenters. The highest BCUT2D eigenvalue weighted by Gasteiger charge is 2.25. The van der Waals surface area contributed by atoms with Crippen molar-refractivity contribution in [2.45, 2.75) is 20.8 Å². The van der Waals surface area contributed by atoms with Crippen LogP contribution in [0.3, 0.4) is 0 Å². The summed E-state index contributed by atoms with van der Waals surface area (Å²) in [7, 11) is 0. The molecule has 1 aliphatic rings. The molecular weight excluding hydrogens is 366 g/mol. The van der Waals surface area contributed by atoms with Gasteiger partial charge in [0.25, 0.3) is 5.91 Å². The van der Waals surface area contributed by atoms with Gasteiger partial charge in [0.15, 0.2) is 5.76 Å². The third-order valence-electron chi connectivity index (χ3n) is 5.08. The first-order valence-electron chi connectivity index (χ1n) is 9.77. The topological polar surface area (TPSA) is 74.5 Å². The molecule has 29 heavy (non-hydrogen) atoms. The number of benzene rings is 1. The van der Waals surface area contributed by atoms with Crippen LogP contribution in [0.4, 0.5) is 17.5 Å². The van der Waals surface area contributed by atoms with Gasteiger partial charge in [0.1, 0.15) is 5.82 Å². The van der Waals surface area contributed by atoms with Crippen LogP contribution in [0.15, 0.2) is 47.1 Å². The van der Waals surface area contributed by atoms with Gasteiger partial charge >= 0.3 is 0 Å². The number of hydrogen-bond donors (Lipinski definition) is 1. The SMILES string of the molecule is Cc1ccc(C)c(Nc2cc(C)nc(N3CCN(C(=O)c4ccco4)CC3)n2)c1. The summed E-state index contributed by atoms with van der Waals surface area (Å²) < 4.78 is 5.23. The number of anilines is 3. The smallest absolute Gasteiger partial charge is 0.289 e. The van der Waals surface area contributed by atoms with Crippen LogP contribution in [0, 0.1) is 20.8 Å². The molecular formula is C22H25N5O2. The van der Waals surface area contributed by atoms with Gasteiger partial charge in [0, 0.05) is 43.6 Å². The zero-order valence-electron chi connectivity index (χ0n) is 17.0. The summed E-state index contributed by atoms with van der Waals surface area (Å²) in [5.41, 5.74) is 4.31. The Kier molecular flexibility index (Phi) is 5.20. The molecule has 1 N–H and O–H groups in total. The molecule has 3 heterocycles. The third-order valence-corrected chi connectivity index (χ3v) is 5.08. The van der Waals surface area contributed by atoms with E-state index in [0.717, 1.165) is 17.2 Å². The molecule has 0 saturated carbocycles. The predicted molar refractivity (Wildman–Crippen MR) is 113 cm³/mol. The normalized spacial score (nSPS) is 14.2. The van der Waals surface area contributed by atoms with E-state index in [2.05, 4.69) is 47.2 Å². The van der Waals surface area contributed by atoms with Crippen molar-refractivity contribution in [3.8, 4) is 0 Å². The standard InChI is InChI=1S/C22H25N5O2/c1-15-6-7-16(2)18(13-15)24-20-14-17(3)23-22(25-20)27-10-8-26(9-11-27)21(28)19-5-4-12-29-19/h4-7,12-14H,8-11H2,1-3H3,(H,23,24,25). The molecule has 4 rings (SSSR count). The average Bonchev–Trinajstić information content (AvgIpc) is 3.25. The highest BCUT2D eigenvalue weighted by Crippen LogP contribution is 2.23. The summed E-state index contributed by atoms with van der Waals surface area (Å²) in [6.07, 6.45) is 1.52. The maximum Gasteiger partial charge on any atom is 0.289 e. The Balaban J connectivity index is 1.47. The van der Waals surface area contributed by atoms with Crippen LogP contribution < -0.4 is 10.2 Å². The number of piperazine rings is 1. The monoisotopic (exact) mass is 391 g/mol. The number of nitrogens with zero attached hydrogens (tertiary/aromatic N) is 4. The Labute approximate surface area is 170 Å². The summed E-state index contributed by atoms with van der Waals surface area (Å²) in [6, 6.07) is 11.7. The van der Waals surface area contributed by atoms with Gasteiger partial charge in [-0.15, -0.1) is 0 Å². The second-order valence-corrected chi connectivity index (χ2v) is 7.39. The first-order valence-corrected chi connectivity index (χ1v) is 9.77. The van der Waals surface area contributed by atoms with E-state index in [1.165, 1.54) is 17.4 Å². The summed E-state index contributed by atoms with van der Waals surface area (Å²) in [6.45, 7) is 8.69. The number of amides is 1. The van der Waals surface area contributed by atoms with E-state index in [9.17, 15) is 4.79 Å². The van der Waals surface area contributed by atoms with Gasteiger partial charge < -0.3 is 19.5 Å². The molecule has 150 valence electrons. The second-order valence-electron chi connectivity index (χ2n) is 7.39. The number of furan rings is 1. The van der Waals surface area contributed by atoms with Crippen molar-refractivity contribution >= 4 is 23.4 Å². The fourth-order valence-corrected chi connectivity index (χ4v) is 3.43. The maximum atomic E-state index is 12.4. The molecule has 2 aromatic heterocycles. The summed E-state index contributed by atoms with van der Waals surface area (Å²) in [5.74, 6) is 1.76. The van der Waals surface area contributed by atoms with Gasteiger partial charge in [-0.05, 0) is 50.1 Å². The minimum Gasteiger partial charge on any atom is -0.459 e. The lowest BCUT2D eigenvalue weighted by Crippen LogP contribution is -2.49. The van der Waals surface area contributed by atoms with E-state index in [1.807, 2.05) is 13.0 Å². The molecule has 0 aliphatic carbocycles. The molecule has 7 heteroatoms. The lowest BCUT2D eigenvalue weighted by atomic mass is 10.1. The fraction of sp³-hybridized carbons (Fsp3) is 0.318. The summed E-state index contributed by atoms with van der Waals surface area (Å²) in [4.78, 5) is 25.7. The van der Waals surface area contributed by atoms with Crippen LogP contribution in [0.25, 0.3) is 0 Å². The van der Waals surface area contributed by atoms with Crippen LogP contribution in [0.1, 0.15) is 27.4 Å². The quantitative estimate of drug-likeness (QED) is 0.731. The lowest BCUT2D eigenvalue weighted by molar-refractivity contribution is 0.0714. The Morgan fingerprint density at radius 2 is 1.83 bits per heavy atom. The molecule has 1 aliphatic heterocycles. The minimum atomic E-state index is -0.0721. The van der Waals surface area contributed by atoms with Gasteiger partial charge in [-0.25, -0.2) is 4.98 Å². The highest BCUT2D eigenvalue weighted by molar-refractivity contribution is 5.91. The molecule has 0 unspecified atom stereocenters. The van der Waals surface area contributed by atoms with Gasteiger partial charge in [-0.3, -0.25) is 4.79 Å². The molecule has 0 radical (unpaired) electrons. The molecule has 7 nitrogen and oxygen atoms in total. The summed E-state index contributed by atoms with van der Waals surface area (Å²) >= 11 is 0. The zero-order chi connectivity index (χ0) is 20.4. The number of hydrogen-bond acceptors (Lipinski definition) is 6.